The molecule has 0 atom stereocenters. The van der Waals surface area contributed by atoms with Crippen molar-refractivity contribution in [2.24, 2.45) is 0 Å². The maximum Gasteiger partial charge on any atom is 0.428 e. The normalized spacial score (nSPS) is 18.8. The van der Waals surface area contributed by atoms with Crippen molar-refractivity contribution in [1.29, 1.82) is 0 Å². The number of carbonyl (C=O) groups is 1. The number of amides is 1. The minimum absolute atomic E-state index is 0.324. The summed E-state index contributed by atoms with van der Waals surface area (Å²) in [5, 5.41) is 0. The highest BCUT2D eigenvalue weighted by Crippen LogP contribution is 2.21. The largest absolute Gasteiger partial charge is 0.428 e. The first-order valence-corrected chi connectivity index (χ1v) is 4.62. The molecule has 0 unspecified atom stereocenters. The third-order valence-electron chi connectivity index (χ3n) is 2.48. The Hall–Kier alpha value is -0.440. The van der Waals surface area contributed by atoms with Gasteiger partial charge >= 0.3 is 6.09 Å². The lowest BCUT2D eigenvalue weighted by molar-refractivity contribution is 0.136. The fraction of sp³-hybridized carbons (Fsp3) is 0.875. The van der Waals surface area contributed by atoms with E-state index in [9.17, 15) is 4.79 Å². The van der Waals surface area contributed by atoms with E-state index in [4.69, 9.17) is 11.9 Å². The zero-order chi connectivity index (χ0) is 8.97. The maximum atomic E-state index is 11.0. The third-order valence-corrected chi connectivity index (χ3v) is 2.61. The Labute approximate surface area is 77.8 Å². The highest BCUT2D eigenvalue weighted by molar-refractivity contribution is 6.12. The van der Waals surface area contributed by atoms with E-state index in [0.29, 0.717) is 6.04 Å². The van der Waals surface area contributed by atoms with Crippen molar-refractivity contribution in [3.05, 3.63) is 0 Å². The summed E-state index contributed by atoms with van der Waals surface area (Å²) < 4.78 is 4.12. The van der Waals surface area contributed by atoms with Gasteiger partial charge in [-0.25, -0.2) is 4.79 Å². The molecule has 0 bridgehead atoms. The zero-order valence-electron chi connectivity index (χ0n) is 7.25. The van der Waals surface area contributed by atoms with Gasteiger partial charge in [-0.15, -0.1) is 0 Å². The Kier molecular flexibility index (Phi) is 3.66. The Morgan fingerprint density at radius 3 is 2.50 bits per heavy atom. The lowest BCUT2D eigenvalue weighted by Gasteiger charge is -2.29. The van der Waals surface area contributed by atoms with E-state index in [0.717, 1.165) is 12.8 Å². The maximum absolute atomic E-state index is 11.0. The van der Waals surface area contributed by atoms with Crippen molar-refractivity contribution >= 4 is 18.0 Å². The molecule has 1 rings (SSSR count). The molecule has 0 aliphatic heterocycles. The van der Waals surface area contributed by atoms with Crippen molar-refractivity contribution in [1.82, 2.24) is 4.90 Å². The summed E-state index contributed by atoms with van der Waals surface area (Å²) in [7, 11) is 1.74. The first-order chi connectivity index (χ1) is 5.75. The number of halogens is 1. The number of nitrogens with zero attached hydrogens (tertiary/aromatic N) is 1. The minimum Gasteiger partial charge on any atom is -0.330 e. The second kappa shape index (κ2) is 4.55. The zero-order valence-corrected chi connectivity index (χ0v) is 8.01. The van der Waals surface area contributed by atoms with Gasteiger partial charge in [-0.3, -0.25) is 0 Å². The highest BCUT2D eigenvalue weighted by atomic mass is 35.5. The number of rotatable bonds is 1. The lowest BCUT2D eigenvalue weighted by Crippen LogP contribution is -2.37. The van der Waals surface area contributed by atoms with Gasteiger partial charge in [-0.1, -0.05) is 19.3 Å². The van der Waals surface area contributed by atoms with Crippen LogP contribution >= 0.6 is 11.9 Å². The van der Waals surface area contributed by atoms with E-state index in [1.807, 2.05) is 0 Å². The molecule has 0 N–H and O–H groups in total. The van der Waals surface area contributed by atoms with E-state index >= 15 is 0 Å². The van der Waals surface area contributed by atoms with Gasteiger partial charge in [0, 0.05) is 13.1 Å². The summed E-state index contributed by atoms with van der Waals surface area (Å²) in [6.07, 6.45) is 5.38. The van der Waals surface area contributed by atoms with E-state index in [1.165, 1.54) is 19.3 Å². The molecule has 4 heteroatoms. The van der Waals surface area contributed by atoms with Crippen molar-refractivity contribution in [2.75, 3.05) is 7.05 Å². The van der Waals surface area contributed by atoms with Gasteiger partial charge in [0.1, 0.15) is 11.9 Å². The summed E-state index contributed by atoms with van der Waals surface area (Å²) in [5.74, 6) is 0. The average molecular weight is 192 g/mol. The molecule has 3 nitrogen and oxygen atoms in total. The highest BCUT2D eigenvalue weighted by Gasteiger charge is 2.22. The Bertz CT molecular complexity index is 157. The van der Waals surface area contributed by atoms with E-state index in [-0.39, 0.29) is 0 Å². The smallest absolute Gasteiger partial charge is 0.330 e. The predicted octanol–water partition coefficient (Wildman–Crippen LogP) is 2.54. The van der Waals surface area contributed by atoms with Crippen LogP contribution in [-0.4, -0.2) is 24.1 Å². The average Bonchev–Trinajstić information content (AvgIpc) is 2.17. The van der Waals surface area contributed by atoms with Crippen LogP contribution in [0.3, 0.4) is 0 Å². The molecular formula is C8H14ClNO2. The van der Waals surface area contributed by atoms with E-state index < -0.39 is 6.09 Å². The van der Waals surface area contributed by atoms with Gasteiger partial charge in [0.25, 0.3) is 0 Å². The Morgan fingerprint density at radius 2 is 2.00 bits per heavy atom. The van der Waals surface area contributed by atoms with Crippen LogP contribution in [0.15, 0.2) is 0 Å². The standard InChI is InChI=1S/C8H14ClNO2/c1-10(8(11)12-9)7-5-3-2-4-6-7/h7H,2-6H2,1H3. The molecule has 0 heterocycles. The van der Waals surface area contributed by atoms with Gasteiger partial charge in [0.15, 0.2) is 0 Å². The number of hydrogen-bond acceptors (Lipinski definition) is 2. The second-order valence-electron chi connectivity index (χ2n) is 3.25. The SMILES string of the molecule is CN(C(=O)OCl)C1CCCCC1. The van der Waals surface area contributed by atoms with Crippen LogP contribution in [0.25, 0.3) is 0 Å². The Morgan fingerprint density at radius 1 is 1.42 bits per heavy atom. The monoisotopic (exact) mass is 191 g/mol. The molecule has 1 saturated carbocycles. The van der Waals surface area contributed by atoms with Gasteiger partial charge in [-0.2, -0.15) is 0 Å². The van der Waals surface area contributed by atoms with Gasteiger partial charge in [0.2, 0.25) is 0 Å². The van der Waals surface area contributed by atoms with E-state index in [1.54, 1.807) is 11.9 Å². The van der Waals surface area contributed by atoms with E-state index in [2.05, 4.69) is 4.29 Å². The van der Waals surface area contributed by atoms with Crippen LogP contribution in [0.4, 0.5) is 4.79 Å². The summed E-state index contributed by atoms with van der Waals surface area (Å²) >= 11 is 4.97. The second-order valence-corrected chi connectivity index (χ2v) is 3.40. The third kappa shape index (κ3) is 2.27. The van der Waals surface area contributed by atoms with Crippen LogP contribution in [0.5, 0.6) is 0 Å². The summed E-state index contributed by atoms with van der Waals surface area (Å²) in [6.45, 7) is 0. The minimum atomic E-state index is -0.441. The Balaban J connectivity index is 2.39. The van der Waals surface area contributed by atoms with Crippen molar-refractivity contribution in [3.8, 4) is 0 Å². The number of carbonyl (C=O) groups excluding carboxylic acids is 1. The molecule has 12 heavy (non-hydrogen) atoms. The lowest BCUT2D eigenvalue weighted by atomic mass is 9.95. The van der Waals surface area contributed by atoms with Gasteiger partial charge < -0.3 is 9.19 Å². The van der Waals surface area contributed by atoms with Crippen LogP contribution in [-0.2, 0) is 4.29 Å². The fourth-order valence-corrected chi connectivity index (χ4v) is 1.78. The molecule has 1 fully saturated rings. The molecule has 0 radical (unpaired) electrons. The molecule has 1 aliphatic carbocycles. The molecule has 1 aliphatic rings. The fourth-order valence-electron chi connectivity index (χ4n) is 1.67. The van der Waals surface area contributed by atoms with Crippen molar-refractivity contribution in [3.63, 3.8) is 0 Å². The summed E-state index contributed by atoms with van der Waals surface area (Å²) in [4.78, 5) is 12.6. The van der Waals surface area contributed by atoms with Crippen LogP contribution in [0.2, 0.25) is 0 Å². The predicted molar refractivity (Wildman–Crippen MR) is 47.0 cm³/mol. The molecular weight excluding hydrogens is 178 g/mol. The van der Waals surface area contributed by atoms with Gasteiger partial charge in [-0.05, 0) is 12.8 Å². The van der Waals surface area contributed by atoms with Gasteiger partial charge in [0.05, 0.1) is 0 Å². The molecule has 0 aromatic carbocycles. The number of hydrogen-bond donors (Lipinski definition) is 0. The molecule has 0 aromatic heterocycles. The first-order valence-electron chi connectivity index (χ1n) is 4.31. The summed E-state index contributed by atoms with van der Waals surface area (Å²) in [6, 6.07) is 0.324. The molecule has 1 amide bonds. The van der Waals surface area contributed by atoms with Crippen LogP contribution in [0, 0.1) is 0 Å². The van der Waals surface area contributed by atoms with Crippen LogP contribution < -0.4 is 0 Å². The first kappa shape index (κ1) is 9.65. The molecule has 70 valence electrons. The van der Waals surface area contributed by atoms with Crippen LogP contribution in [0.1, 0.15) is 32.1 Å². The van der Waals surface area contributed by atoms with Crippen molar-refractivity contribution < 1.29 is 9.08 Å². The van der Waals surface area contributed by atoms with Crippen molar-refractivity contribution in [2.45, 2.75) is 38.1 Å². The molecule has 0 saturated heterocycles. The summed E-state index contributed by atoms with van der Waals surface area (Å²) in [5.41, 5.74) is 0. The topological polar surface area (TPSA) is 29.5 Å². The molecule has 0 aromatic rings. The molecule has 0 spiro atoms. The quantitative estimate of drug-likeness (QED) is 0.638.